The van der Waals surface area contributed by atoms with Crippen LogP contribution in [0.2, 0.25) is 0 Å². The van der Waals surface area contributed by atoms with E-state index >= 15 is 0 Å². The van der Waals surface area contributed by atoms with Crippen molar-refractivity contribution in [1.29, 1.82) is 0 Å². The molecule has 0 amide bonds. The summed E-state index contributed by atoms with van der Waals surface area (Å²) in [6, 6.07) is 5.36. The Labute approximate surface area is 114 Å². The van der Waals surface area contributed by atoms with Gasteiger partial charge in [0.25, 0.3) is 0 Å². The average molecular weight is 266 g/mol. The Balaban J connectivity index is 2.45. The Bertz CT molecular complexity index is 396. The fourth-order valence-electron chi connectivity index (χ4n) is 1.81. The van der Waals surface area contributed by atoms with E-state index in [1.807, 2.05) is 19.2 Å². The van der Waals surface area contributed by atoms with Gasteiger partial charge in [-0.25, -0.2) is 9.78 Å². The molecule has 0 aliphatic rings. The second kappa shape index (κ2) is 8.61. The van der Waals surface area contributed by atoms with E-state index in [4.69, 9.17) is 5.11 Å². The molecule has 0 aliphatic carbocycles. The van der Waals surface area contributed by atoms with E-state index in [0.29, 0.717) is 12.2 Å². The fourth-order valence-corrected chi connectivity index (χ4v) is 1.81. The smallest absolute Gasteiger partial charge is 0.356 e. The highest BCUT2D eigenvalue weighted by Crippen LogP contribution is 2.05. The summed E-state index contributed by atoms with van der Waals surface area (Å²) >= 11 is 0. The van der Waals surface area contributed by atoms with Gasteiger partial charge in [-0.1, -0.05) is 6.07 Å². The van der Waals surface area contributed by atoms with Crippen LogP contribution in [-0.4, -0.2) is 48.3 Å². The Hall–Kier alpha value is -1.46. The quantitative estimate of drug-likeness (QED) is 0.570. The number of carbonyl (C=O) groups is 1. The minimum absolute atomic E-state index is 0.256. The first-order chi connectivity index (χ1) is 9.17. The van der Waals surface area contributed by atoms with Crippen molar-refractivity contribution in [3.8, 4) is 0 Å². The van der Waals surface area contributed by atoms with E-state index in [9.17, 15) is 4.79 Å². The minimum Gasteiger partial charge on any atom is -0.464 e. The molecule has 1 heterocycles. The normalized spacial score (nSPS) is 10.7. The van der Waals surface area contributed by atoms with Crippen molar-refractivity contribution in [1.82, 2.24) is 9.88 Å². The lowest BCUT2D eigenvalue weighted by Gasteiger charge is -2.16. The molecule has 0 unspecified atom stereocenters. The van der Waals surface area contributed by atoms with Gasteiger partial charge in [-0.2, -0.15) is 0 Å². The highest BCUT2D eigenvalue weighted by atomic mass is 16.5. The number of aromatic nitrogens is 1. The molecule has 5 nitrogen and oxygen atoms in total. The lowest BCUT2D eigenvalue weighted by atomic mass is 10.2. The standard InChI is InChI=1S/C14H22N2O3/c1-16(9-4-3-5-10-17)11-12-7-6-8-13(15-12)14(18)19-2/h6-8,17H,3-5,9-11H2,1-2H3. The molecule has 0 saturated heterocycles. The van der Waals surface area contributed by atoms with Gasteiger partial charge >= 0.3 is 5.97 Å². The van der Waals surface area contributed by atoms with Crippen LogP contribution in [0.25, 0.3) is 0 Å². The molecule has 0 spiro atoms. The van der Waals surface area contributed by atoms with E-state index in [1.165, 1.54) is 7.11 Å². The number of aliphatic hydroxyl groups excluding tert-OH is 1. The van der Waals surface area contributed by atoms with E-state index in [0.717, 1.165) is 31.5 Å². The largest absolute Gasteiger partial charge is 0.464 e. The number of methoxy groups -OCH3 is 1. The van der Waals surface area contributed by atoms with E-state index in [1.54, 1.807) is 6.07 Å². The van der Waals surface area contributed by atoms with Gasteiger partial charge in [0.1, 0.15) is 5.69 Å². The molecule has 0 fully saturated rings. The van der Waals surface area contributed by atoms with Crippen molar-refractivity contribution in [3.05, 3.63) is 29.6 Å². The first-order valence-electron chi connectivity index (χ1n) is 6.51. The van der Waals surface area contributed by atoms with Crippen LogP contribution < -0.4 is 0 Å². The predicted molar refractivity (Wildman–Crippen MR) is 72.8 cm³/mol. The average Bonchev–Trinajstić information content (AvgIpc) is 2.43. The van der Waals surface area contributed by atoms with E-state index < -0.39 is 5.97 Å². The molecule has 5 heteroatoms. The van der Waals surface area contributed by atoms with Crippen LogP contribution in [0.3, 0.4) is 0 Å². The summed E-state index contributed by atoms with van der Waals surface area (Å²) in [6.45, 7) is 1.90. The van der Waals surface area contributed by atoms with E-state index in [2.05, 4.69) is 14.6 Å². The SMILES string of the molecule is COC(=O)c1cccc(CN(C)CCCCCO)n1. The summed E-state index contributed by atoms with van der Waals surface area (Å²) in [6.07, 6.45) is 2.92. The summed E-state index contributed by atoms with van der Waals surface area (Å²) in [7, 11) is 3.37. The van der Waals surface area contributed by atoms with Gasteiger partial charge in [-0.15, -0.1) is 0 Å². The van der Waals surface area contributed by atoms with Crippen molar-refractivity contribution in [2.75, 3.05) is 27.3 Å². The molecule has 19 heavy (non-hydrogen) atoms. The zero-order valence-electron chi connectivity index (χ0n) is 11.6. The maximum atomic E-state index is 11.4. The summed E-state index contributed by atoms with van der Waals surface area (Å²) in [5, 5.41) is 8.71. The molecule has 0 radical (unpaired) electrons. The molecule has 0 saturated carbocycles. The van der Waals surface area contributed by atoms with Crippen LogP contribution in [0.5, 0.6) is 0 Å². The van der Waals surface area contributed by atoms with Crippen LogP contribution in [0.4, 0.5) is 0 Å². The lowest BCUT2D eigenvalue weighted by molar-refractivity contribution is 0.0593. The van der Waals surface area contributed by atoms with Crippen molar-refractivity contribution < 1.29 is 14.6 Å². The third-order valence-corrected chi connectivity index (χ3v) is 2.83. The molecular formula is C14H22N2O3. The summed E-state index contributed by atoms with van der Waals surface area (Å²) < 4.78 is 4.65. The molecule has 0 aromatic carbocycles. The maximum absolute atomic E-state index is 11.4. The van der Waals surface area contributed by atoms with Crippen molar-refractivity contribution in [2.24, 2.45) is 0 Å². The van der Waals surface area contributed by atoms with Crippen molar-refractivity contribution >= 4 is 5.97 Å². The number of ether oxygens (including phenoxy) is 1. The zero-order chi connectivity index (χ0) is 14.1. The van der Waals surface area contributed by atoms with Gasteiger partial charge in [0.05, 0.1) is 12.8 Å². The van der Waals surface area contributed by atoms with E-state index in [-0.39, 0.29) is 6.61 Å². The van der Waals surface area contributed by atoms with Gasteiger partial charge in [0.15, 0.2) is 0 Å². The molecule has 0 bridgehead atoms. The number of nitrogens with zero attached hydrogens (tertiary/aromatic N) is 2. The molecule has 1 N–H and O–H groups in total. The number of hydrogen-bond acceptors (Lipinski definition) is 5. The summed E-state index contributed by atoms with van der Waals surface area (Å²) in [5.41, 5.74) is 1.20. The van der Waals surface area contributed by atoms with Gasteiger partial charge in [0, 0.05) is 13.2 Å². The van der Waals surface area contributed by atoms with Crippen LogP contribution in [0, 0.1) is 0 Å². The number of rotatable bonds is 8. The molecule has 1 rings (SSSR count). The summed E-state index contributed by atoms with van der Waals surface area (Å²) in [5.74, 6) is -0.410. The number of pyridine rings is 1. The second-order valence-electron chi connectivity index (χ2n) is 4.53. The van der Waals surface area contributed by atoms with Gasteiger partial charge < -0.3 is 14.7 Å². The number of esters is 1. The van der Waals surface area contributed by atoms with Gasteiger partial charge in [-0.05, 0) is 45.0 Å². The molecule has 106 valence electrons. The summed E-state index contributed by atoms with van der Waals surface area (Å²) in [4.78, 5) is 17.8. The lowest BCUT2D eigenvalue weighted by Crippen LogP contribution is -2.20. The Morgan fingerprint density at radius 2 is 2.16 bits per heavy atom. The third kappa shape index (κ3) is 5.81. The van der Waals surface area contributed by atoms with Crippen molar-refractivity contribution in [2.45, 2.75) is 25.8 Å². The van der Waals surface area contributed by atoms with Crippen LogP contribution in [0.15, 0.2) is 18.2 Å². The molecule has 0 atom stereocenters. The first kappa shape index (κ1) is 15.6. The van der Waals surface area contributed by atoms with Gasteiger partial charge in [-0.3, -0.25) is 0 Å². The topological polar surface area (TPSA) is 62.7 Å². The fraction of sp³-hybridized carbons (Fsp3) is 0.571. The number of unbranched alkanes of at least 4 members (excludes halogenated alkanes) is 2. The zero-order valence-corrected chi connectivity index (χ0v) is 11.6. The number of carbonyl (C=O) groups excluding carboxylic acids is 1. The second-order valence-corrected chi connectivity index (χ2v) is 4.53. The van der Waals surface area contributed by atoms with Crippen LogP contribution in [-0.2, 0) is 11.3 Å². The minimum atomic E-state index is -0.410. The number of hydrogen-bond donors (Lipinski definition) is 1. The molecule has 1 aromatic heterocycles. The Morgan fingerprint density at radius 1 is 1.37 bits per heavy atom. The highest BCUT2D eigenvalue weighted by Gasteiger charge is 2.08. The third-order valence-electron chi connectivity index (χ3n) is 2.83. The predicted octanol–water partition coefficient (Wildman–Crippen LogP) is 1.46. The van der Waals surface area contributed by atoms with Crippen LogP contribution in [0.1, 0.15) is 35.4 Å². The molecule has 1 aromatic rings. The highest BCUT2D eigenvalue weighted by molar-refractivity contribution is 5.87. The Kier molecular flexibility index (Phi) is 7.07. The maximum Gasteiger partial charge on any atom is 0.356 e. The number of aliphatic hydroxyl groups is 1. The first-order valence-corrected chi connectivity index (χ1v) is 6.51. The molecule has 0 aliphatic heterocycles. The van der Waals surface area contributed by atoms with Gasteiger partial charge in [0.2, 0.25) is 0 Å². The van der Waals surface area contributed by atoms with Crippen molar-refractivity contribution in [3.63, 3.8) is 0 Å². The Morgan fingerprint density at radius 3 is 2.84 bits per heavy atom. The molecular weight excluding hydrogens is 244 g/mol. The van der Waals surface area contributed by atoms with Crippen LogP contribution >= 0.6 is 0 Å². The monoisotopic (exact) mass is 266 g/mol.